The molecule has 1 aromatic carbocycles. The molecule has 2 aliphatic rings. The van der Waals surface area contributed by atoms with E-state index in [4.69, 9.17) is 25.8 Å². The minimum absolute atomic E-state index is 0.0258. The molecular formula is C22H30ClNO4. The number of methoxy groups -OCH3 is 1. The lowest BCUT2D eigenvalue weighted by atomic mass is 9.87. The van der Waals surface area contributed by atoms with Gasteiger partial charge in [0.2, 0.25) is 5.91 Å². The molecule has 1 aliphatic heterocycles. The molecule has 6 heteroatoms. The second-order valence-electron chi connectivity index (χ2n) is 8.29. The minimum atomic E-state index is -0.237. The third-order valence-electron chi connectivity index (χ3n) is 5.28. The van der Waals surface area contributed by atoms with Gasteiger partial charge in [-0.25, -0.2) is 0 Å². The monoisotopic (exact) mass is 407 g/mol. The van der Waals surface area contributed by atoms with Crippen LogP contribution in [0.5, 0.6) is 11.5 Å². The Morgan fingerprint density at radius 2 is 2.07 bits per heavy atom. The lowest BCUT2D eigenvalue weighted by Gasteiger charge is -2.37. The highest BCUT2D eigenvalue weighted by atomic mass is 35.5. The summed E-state index contributed by atoms with van der Waals surface area (Å²) in [7, 11) is 1.60. The van der Waals surface area contributed by atoms with Crippen LogP contribution >= 0.6 is 11.6 Å². The van der Waals surface area contributed by atoms with Crippen LogP contribution in [0.4, 0.5) is 0 Å². The third kappa shape index (κ3) is 5.42. The number of nitrogens with zero attached hydrogens (tertiary/aromatic N) is 1. The lowest BCUT2D eigenvalue weighted by molar-refractivity contribution is -0.146. The number of carbonyl (C=O) groups excluding carboxylic acids is 1. The number of hydrogen-bond acceptors (Lipinski definition) is 4. The SMILES string of the molecule is C=C(Cl)COc1cc(CN(C(=O)C2CCOC(C)(C)C2)C2CC2)ccc1OC. The summed E-state index contributed by atoms with van der Waals surface area (Å²) < 4.78 is 16.9. The number of amides is 1. The fraction of sp³-hybridized carbons (Fsp3) is 0.591. The lowest BCUT2D eigenvalue weighted by Crippen LogP contribution is -2.44. The number of carbonyl (C=O) groups is 1. The molecule has 28 heavy (non-hydrogen) atoms. The van der Waals surface area contributed by atoms with Crippen LogP contribution < -0.4 is 9.47 Å². The molecule has 0 N–H and O–H groups in total. The van der Waals surface area contributed by atoms with Crippen molar-refractivity contribution in [3.63, 3.8) is 0 Å². The second-order valence-corrected chi connectivity index (χ2v) is 8.82. The van der Waals surface area contributed by atoms with Crippen molar-refractivity contribution in [1.82, 2.24) is 4.90 Å². The Labute approximate surface area is 172 Å². The van der Waals surface area contributed by atoms with E-state index < -0.39 is 0 Å². The normalized spacial score (nSPS) is 21.1. The molecule has 3 rings (SSSR count). The molecule has 1 saturated heterocycles. The van der Waals surface area contributed by atoms with Crippen molar-refractivity contribution in [3.05, 3.63) is 35.4 Å². The molecule has 1 aliphatic carbocycles. The maximum Gasteiger partial charge on any atom is 0.226 e. The van der Waals surface area contributed by atoms with Crippen LogP contribution in [0.15, 0.2) is 29.8 Å². The summed E-state index contributed by atoms with van der Waals surface area (Å²) in [6, 6.07) is 6.12. The van der Waals surface area contributed by atoms with Crippen LogP contribution in [0.25, 0.3) is 0 Å². The zero-order chi connectivity index (χ0) is 20.3. The molecule has 1 atom stereocenters. The number of ether oxygens (including phenoxy) is 3. The van der Waals surface area contributed by atoms with Crippen LogP contribution in [0.2, 0.25) is 0 Å². The fourth-order valence-electron chi connectivity index (χ4n) is 3.74. The van der Waals surface area contributed by atoms with E-state index in [2.05, 4.69) is 20.4 Å². The van der Waals surface area contributed by atoms with Gasteiger partial charge in [-0.15, -0.1) is 0 Å². The van der Waals surface area contributed by atoms with Gasteiger partial charge in [-0.1, -0.05) is 24.2 Å². The zero-order valence-corrected chi connectivity index (χ0v) is 17.8. The van der Waals surface area contributed by atoms with Crippen molar-refractivity contribution in [2.24, 2.45) is 5.92 Å². The molecule has 1 unspecified atom stereocenters. The van der Waals surface area contributed by atoms with Crippen LogP contribution in [0.3, 0.4) is 0 Å². The molecule has 0 aromatic heterocycles. The van der Waals surface area contributed by atoms with E-state index in [0.717, 1.165) is 31.2 Å². The van der Waals surface area contributed by atoms with Crippen molar-refractivity contribution >= 4 is 17.5 Å². The number of hydrogen-bond donors (Lipinski definition) is 0. The van der Waals surface area contributed by atoms with Crippen molar-refractivity contribution in [2.45, 2.75) is 57.7 Å². The summed E-state index contributed by atoms with van der Waals surface area (Å²) in [5.74, 6) is 1.51. The van der Waals surface area contributed by atoms with Crippen LogP contribution in [0, 0.1) is 5.92 Å². The Kier molecular flexibility index (Phi) is 6.56. The minimum Gasteiger partial charge on any atom is -0.493 e. The summed E-state index contributed by atoms with van der Waals surface area (Å²) in [6.45, 7) is 9.20. The highest BCUT2D eigenvalue weighted by Crippen LogP contribution is 2.36. The number of rotatable bonds is 8. The van der Waals surface area contributed by atoms with Gasteiger partial charge in [-0.05, 0) is 57.2 Å². The van der Waals surface area contributed by atoms with E-state index in [1.807, 2.05) is 23.1 Å². The summed E-state index contributed by atoms with van der Waals surface area (Å²) in [5, 5.41) is 0.421. The van der Waals surface area contributed by atoms with Crippen molar-refractivity contribution in [2.75, 3.05) is 20.3 Å². The maximum absolute atomic E-state index is 13.3. The smallest absolute Gasteiger partial charge is 0.226 e. The molecule has 154 valence electrons. The first kappa shape index (κ1) is 21.0. The van der Waals surface area contributed by atoms with Gasteiger partial charge in [0.1, 0.15) is 6.61 Å². The molecule has 1 heterocycles. The van der Waals surface area contributed by atoms with Gasteiger partial charge < -0.3 is 19.1 Å². The average molecular weight is 408 g/mol. The first-order chi connectivity index (χ1) is 13.3. The Bertz CT molecular complexity index is 729. The maximum atomic E-state index is 13.3. The highest BCUT2D eigenvalue weighted by Gasteiger charge is 2.39. The van der Waals surface area contributed by atoms with Crippen LogP contribution in [-0.4, -0.2) is 42.8 Å². The Hall–Kier alpha value is -1.72. The summed E-state index contributed by atoms with van der Waals surface area (Å²) >= 11 is 5.82. The molecule has 1 amide bonds. The molecule has 1 aromatic rings. The average Bonchev–Trinajstić information content (AvgIpc) is 3.48. The first-order valence-electron chi connectivity index (χ1n) is 9.86. The van der Waals surface area contributed by atoms with Gasteiger partial charge in [0.05, 0.1) is 12.7 Å². The van der Waals surface area contributed by atoms with Gasteiger partial charge in [0.15, 0.2) is 11.5 Å². The fourth-order valence-corrected chi connectivity index (χ4v) is 3.79. The summed E-state index contributed by atoms with van der Waals surface area (Å²) in [5.41, 5.74) is 0.779. The van der Waals surface area contributed by atoms with Gasteiger partial charge in [-0.2, -0.15) is 0 Å². The van der Waals surface area contributed by atoms with Gasteiger partial charge >= 0.3 is 0 Å². The van der Waals surface area contributed by atoms with E-state index in [9.17, 15) is 4.79 Å². The molecule has 5 nitrogen and oxygen atoms in total. The number of halogens is 1. The predicted octanol–water partition coefficient (Wildman–Crippen LogP) is 4.52. The van der Waals surface area contributed by atoms with Crippen LogP contribution in [0.1, 0.15) is 45.1 Å². The molecule has 2 fully saturated rings. The van der Waals surface area contributed by atoms with Gasteiger partial charge in [0.25, 0.3) is 0 Å². The van der Waals surface area contributed by atoms with Crippen LogP contribution in [-0.2, 0) is 16.1 Å². The predicted molar refractivity (Wildman–Crippen MR) is 110 cm³/mol. The standard InChI is InChI=1S/C22H30ClNO4/c1-15(23)14-27-20-11-16(5-8-19(20)26-4)13-24(18-6-7-18)21(25)17-9-10-28-22(2,3)12-17/h5,8,11,17-18H,1,6-7,9-10,12-14H2,2-4H3. The highest BCUT2D eigenvalue weighted by molar-refractivity contribution is 6.29. The van der Waals surface area contributed by atoms with E-state index in [1.165, 1.54) is 0 Å². The van der Waals surface area contributed by atoms with Gasteiger partial charge in [0, 0.05) is 30.1 Å². The van der Waals surface area contributed by atoms with Crippen molar-refractivity contribution < 1.29 is 19.0 Å². The first-order valence-corrected chi connectivity index (χ1v) is 10.2. The molecule has 0 spiro atoms. The third-order valence-corrected chi connectivity index (χ3v) is 5.39. The van der Waals surface area contributed by atoms with E-state index in [0.29, 0.717) is 35.7 Å². The molecular weight excluding hydrogens is 378 g/mol. The molecule has 0 bridgehead atoms. The topological polar surface area (TPSA) is 48.0 Å². The number of benzene rings is 1. The van der Waals surface area contributed by atoms with Gasteiger partial charge in [-0.3, -0.25) is 4.79 Å². The molecule has 0 radical (unpaired) electrons. The van der Waals surface area contributed by atoms with E-state index in [1.54, 1.807) is 7.11 Å². The molecule has 1 saturated carbocycles. The van der Waals surface area contributed by atoms with Crippen molar-refractivity contribution in [1.29, 1.82) is 0 Å². The quantitative estimate of drug-likeness (QED) is 0.635. The Morgan fingerprint density at radius 1 is 1.32 bits per heavy atom. The zero-order valence-electron chi connectivity index (χ0n) is 17.0. The van der Waals surface area contributed by atoms with E-state index in [-0.39, 0.29) is 24.0 Å². The summed E-state index contributed by atoms with van der Waals surface area (Å²) in [6.07, 6.45) is 3.71. The largest absolute Gasteiger partial charge is 0.493 e. The summed E-state index contributed by atoms with van der Waals surface area (Å²) in [4.78, 5) is 15.3. The van der Waals surface area contributed by atoms with E-state index >= 15 is 0 Å². The second kappa shape index (κ2) is 8.75. The van der Waals surface area contributed by atoms with Crippen molar-refractivity contribution in [3.8, 4) is 11.5 Å². The Balaban J connectivity index is 1.74. The Morgan fingerprint density at radius 3 is 2.68 bits per heavy atom.